The minimum Gasteiger partial charge on any atom is -0.495 e. The number of nitrogens with one attached hydrogen (secondary N) is 1. The molecule has 0 spiro atoms. The highest BCUT2D eigenvalue weighted by atomic mass is 35.5. The van der Waals surface area contributed by atoms with Crippen molar-refractivity contribution in [1.82, 2.24) is 5.32 Å². The first-order valence-electron chi connectivity index (χ1n) is 6.38. The first-order valence-corrected chi connectivity index (χ1v) is 6.76. The maximum Gasteiger partial charge on any atom is 0.137 e. The lowest BCUT2D eigenvalue weighted by Crippen LogP contribution is -2.11. The molecule has 100 valence electrons. The van der Waals surface area contributed by atoms with E-state index >= 15 is 0 Å². The van der Waals surface area contributed by atoms with E-state index in [4.69, 9.17) is 16.3 Å². The van der Waals surface area contributed by atoms with Crippen molar-refractivity contribution in [2.45, 2.75) is 13.5 Å². The van der Waals surface area contributed by atoms with Gasteiger partial charge in [-0.2, -0.15) is 0 Å². The predicted molar refractivity (Wildman–Crippen MR) is 80.8 cm³/mol. The van der Waals surface area contributed by atoms with E-state index in [0.29, 0.717) is 10.8 Å². The Balaban J connectivity index is 2.19. The van der Waals surface area contributed by atoms with Gasteiger partial charge in [-0.1, -0.05) is 48.9 Å². The average Bonchev–Trinajstić information content (AvgIpc) is 2.45. The van der Waals surface area contributed by atoms with Crippen LogP contribution in [-0.4, -0.2) is 13.7 Å². The molecule has 0 aliphatic heterocycles. The minimum atomic E-state index is 0.636. The van der Waals surface area contributed by atoms with Gasteiger partial charge in [0.25, 0.3) is 0 Å². The van der Waals surface area contributed by atoms with Crippen LogP contribution in [0.1, 0.15) is 12.5 Å². The quantitative estimate of drug-likeness (QED) is 0.886. The Hall–Kier alpha value is -1.51. The summed E-state index contributed by atoms with van der Waals surface area (Å²) in [6.07, 6.45) is 0. The summed E-state index contributed by atoms with van der Waals surface area (Å²) in [5.41, 5.74) is 3.54. The summed E-state index contributed by atoms with van der Waals surface area (Å²) >= 11 is 6.14. The van der Waals surface area contributed by atoms with E-state index in [-0.39, 0.29) is 0 Å². The molecular weight excluding hydrogens is 258 g/mol. The fourth-order valence-corrected chi connectivity index (χ4v) is 2.19. The highest BCUT2D eigenvalue weighted by molar-refractivity contribution is 6.32. The maximum absolute atomic E-state index is 6.14. The van der Waals surface area contributed by atoms with Gasteiger partial charge in [0.15, 0.2) is 0 Å². The zero-order chi connectivity index (χ0) is 13.7. The number of hydrogen-bond donors (Lipinski definition) is 1. The van der Waals surface area contributed by atoms with Gasteiger partial charge in [0.1, 0.15) is 5.75 Å². The molecule has 0 aliphatic carbocycles. The van der Waals surface area contributed by atoms with Gasteiger partial charge in [0.05, 0.1) is 12.1 Å². The second-order valence-corrected chi connectivity index (χ2v) is 4.73. The molecule has 2 rings (SSSR count). The van der Waals surface area contributed by atoms with Crippen LogP contribution in [0.15, 0.2) is 42.5 Å². The Labute approximate surface area is 119 Å². The molecule has 0 fully saturated rings. The first kappa shape index (κ1) is 13.9. The van der Waals surface area contributed by atoms with Crippen molar-refractivity contribution in [2.24, 2.45) is 0 Å². The van der Waals surface area contributed by atoms with Gasteiger partial charge in [0.2, 0.25) is 0 Å². The van der Waals surface area contributed by atoms with Crippen LogP contribution in [0.4, 0.5) is 0 Å². The van der Waals surface area contributed by atoms with Crippen LogP contribution in [0, 0.1) is 0 Å². The fourth-order valence-electron chi connectivity index (χ4n) is 1.93. The molecule has 0 heterocycles. The molecule has 2 aromatic carbocycles. The summed E-state index contributed by atoms with van der Waals surface area (Å²) in [4.78, 5) is 0. The van der Waals surface area contributed by atoms with Gasteiger partial charge in [0, 0.05) is 6.54 Å². The van der Waals surface area contributed by atoms with Crippen molar-refractivity contribution < 1.29 is 4.74 Å². The fraction of sp³-hybridized carbons (Fsp3) is 0.250. The molecule has 0 aromatic heterocycles. The molecule has 0 radical (unpaired) electrons. The Morgan fingerprint density at radius 1 is 1.05 bits per heavy atom. The number of benzene rings is 2. The topological polar surface area (TPSA) is 21.3 Å². The van der Waals surface area contributed by atoms with Crippen LogP contribution in [0.3, 0.4) is 0 Å². The average molecular weight is 276 g/mol. The Morgan fingerprint density at radius 2 is 1.74 bits per heavy atom. The zero-order valence-corrected chi connectivity index (χ0v) is 12.0. The number of hydrogen-bond acceptors (Lipinski definition) is 2. The minimum absolute atomic E-state index is 0.636. The van der Waals surface area contributed by atoms with Crippen molar-refractivity contribution >= 4 is 11.6 Å². The van der Waals surface area contributed by atoms with Crippen molar-refractivity contribution in [3.63, 3.8) is 0 Å². The Morgan fingerprint density at radius 3 is 2.32 bits per heavy atom. The molecule has 2 aromatic rings. The molecule has 0 saturated carbocycles. The summed E-state index contributed by atoms with van der Waals surface area (Å²) < 4.78 is 5.16. The smallest absolute Gasteiger partial charge is 0.137 e. The van der Waals surface area contributed by atoms with Crippen molar-refractivity contribution in [3.05, 3.63) is 53.1 Å². The normalized spacial score (nSPS) is 10.5. The van der Waals surface area contributed by atoms with Crippen LogP contribution >= 0.6 is 11.6 Å². The molecule has 0 unspecified atom stereocenters. The monoisotopic (exact) mass is 275 g/mol. The molecule has 0 bridgehead atoms. The largest absolute Gasteiger partial charge is 0.495 e. The summed E-state index contributed by atoms with van der Waals surface area (Å²) in [7, 11) is 1.62. The van der Waals surface area contributed by atoms with Crippen LogP contribution in [0.2, 0.25) is 5.02 Å². The van der Waals surface area contributed by atoms with E-state index < -0.39 is 0 Å². The summed E-state index contributed by atoms with van der Waals surface area (Å²) in [6.45, 7) is 3.99. The molecule has 3 heteroatoms. The van der Waals surface area contributed by atoms with Gasteiger partial charge >= 0.3 is 0 Å². The number of rotatable bonds is 5. The lowest BCUT2D eigenvalue weighted by Gasteiger charge is -2.07. The summed E-state index contributed by atoms with van der Waals surface area (Å²) in [6, 6.07) is 14.3. The maximum atomic E-state index is 6.14. The molecule has 0 atom stereocenters. The van der Waals surface area contributed by atoms with Crippen LogP contribution in [0.25, 0.3) is 11.1 Å². The standard InChI is InChI=1S/C16H18ClNO/c1-3-18-11-12-4-6-13(7-5-12)14-8-9-16(19-2)15(17)10-14/h4-10,18H,3,11H2,1-2H3. The predicted octanol–water partition coefficient (Wildman–Crippen LogP) is 4.13. The third-order valence-electron chi connectivity index (χ3n) is 3.02. The van der Waals surface area contributed by atoms with Gasteiger partial charge in [-0.05, 0) is 35.4 Å². The van der Waals surface area contributed by atoms with Gasteiger partial charge in [-0.3, -0.25) is 0 Å². The Bertz CT molecular complexity index is 537. The number of methoxy groups -OCH3 is 1. The van der Waals surface area contributed by atoms with Crippen LogP contribution in [-0.2, 0) is 6.54 Å². The van der Waals surface area contributed by atoms with Crippen LogP contribution < -0.4 is 10.1 Å². The van der Waals surface area contributed by atoms with E-state index in [1.54, 1.807) is 7.11 Å². The summed E-state index contributed by atoms with van der Waals surface area (Å²) in [5, 5.41) is 3.95. The van der Waals surface area contributed by atoms with Gasteiger partial charge < -0.3 is 10.1 Å². The molecular formula is C16H18ClNO. The zero-order valence-electron chi connectivity index (χ0n) is 11.2. The Kier molecular flexibility index (Phi) is 4.83. The van der Waals surface area contributed by atoms with Gasteiger partial charge in [-0.15, -0.1) is 0 Å². The van der Waals surface area contributed by atoms with E-state index in [1.165, 1.54) is 5.56 Å². The van der Waals surface area contributed by atoms with E-state index in [9.17, 15) is 0 Å². The highest BCUT2D eigenvalue weighted by Gasteiger charge is 2.03. The molecule has 0 saturated heterocycles. The van der Waals surface area contributed by atoms with E-state index in [2.05, 4.69) is 36.5 Å². The van der Waals surface area contributed by atoms with Gasteiger partial charge in [-0.25, -0.2) is 0 Å². The molecule has 2 nitrogen and oxygen atoms in total. The van der Waals surface area contributed by atoms with Crippen molar-refractivity contribution in [1.29, 1.82) is 0 Å². The van der Waals surface area contributed by atoms with Crippen LogP contribution in [0.5, 0.6) is 5.75 Å². The molecule has 19 heavy (non-hydrogen) atoms. The highest BCUT2D eigenvalue weighted by Crippen LogP contribution is 2.30. The third-order valence-corrected chi connectivity index (χ3v) is 3.31. The molecule has 0 aliphatic rings. The van der Waals surface area contributed by atoms with E-state index in [0.717, 1.165) is 24.2 Å². The number of ether oxygens (including phenoxy) is 1. The molecule has 1 N–H and O–H groups in total. The summed E-state index contributed by atoms with van der Waals surface area (Å²) in [5.74, 6) is 0.703. The SMILES string of the molecule is CCNCc1ccc(-c2ccc(OC)c(Cl)c2)cc1. The van der Waals surface area contributed by atoms with Crippen molar-refractivity contribution in [3.8, 4) is 16.9 Å². The molecule has 0 amide bonds. The number of halogens is 1. The van der Waals surface area contributed by atoms with E-state index in [1.807, 2.05) is 18.2 Å². The first-order chi connectivity index (χ1) is 9.24. The lowest BCUT2D eigenvalue weighted by molar-refractivity contribution is 0.415. The lowest BCUT2D eigenvalue weighted by atomic mass is 10.0. The van der Waals surface area contributed by atoms with Crippen molar-refractivity contribution in [2.75, 3.05) is 13.7 Å². The second kappa shape index (κ2) is 6.60. The second-order valence-electron chi connectivity index (χ2n) is 4.33. The third kappa shape index (κ3) is 3.49.